The zero-order valence-electron chi connectivity index (χ0n) is 12.3. The largest absolute Gasteiger partial charge is 0.469 e. The number of nitrogens with one attached hydrogen (secondary N) is 1. The number of ether oxygens (including phenoxy) is 1. The number of hydrogen-bond donors (Lipinski definition) is 6. The Morgan fingerprint density at radius 3 is 2.72 bits per heavy atom. The summed E-state index contributed by atoms with van der Waals surface area (Å²) in [5.74, 6) is -0.177. The van der Waals surface area contributed by atoms with E-state index in [9.17, 15) is 19.6 Å². The van der Waals surface area contributed by atoms with Crippen molar-refractivity contribution in [3.05, 3.63) is 16.7 Å². The Morgan fingerprint density at radius 2 is 2.08 bits per heavy atom. The second kappa shape index (κ2) is 6.97. The molecule has 7 N–H and O–H groups in total. The highest BCUT2D eigenvalue weighted by atomic mass is 35.5. The predicted molar refractivity (Wildman–Crippen MR) is 83.7 cm³/mol. The number of anilines is 1. The van der Waals surface area contributed by atoms with E-state index in [-0.39, 0.29) is 29.5 Å². The fraction of sp³-hybridized carbons (Fsp3) is 0.500. The van der Waals surface area contributed by atoms with Crippen LogP contribution in [0.5, 0.6) is 0 Å². The minimum Gasteiger partial charge on any atom is -0.387 e. The molecule has 1 aliphatic heterocycles. The molecule has 3 heterocycles. The number of hydrogen-bond acceptors (Lipinski definition) is 9. The quantitative estimate of drug-likeness (QED) is 0.305. The summed E-state index contributed by atoms with van der Waals surface area (Å²) in [6.07, 6.45) is -4.22. The van der Waals surface area contributed by atoms with Gasteiger partial charge in [-0.2, -0.15) is 4.98 Å². The second-order valence-electron chi connectivity index (χ2n) is 5.11. The number of fused-ring (bicyclic) bond motifs is 1. The highest BCUT2D eigenvalue weighted by Gasteiger charge is 2.45. The molecule has 15 heteroatoms. The molecule has 0 aromatic carbocycles. The van der Waals surface area contributed by atoms with Gasteiger partial charge < -0.3 is 30.5 Å². The van der Waals surface area contributed by atoms with Crippen molar-refractivity contribution in [2.24, 2.45) is 0 Å². The molecule has 0 saturated carbocycles. The molecule has 1 saturated heterocycles. The SMILES string of the molecule is Cl.Nc1nc2c(ncn2C2OC(COP(=O)(O)O)C(O)C2O)c(=O)[nH]1. The number of nitrogen functional groups attached to an aromatic ring is 1. The van der Waals surface area contributed by atoms with Crippen LogP contribution in [-0.4, -0.2) is 64.4 Å². The summed E-state index contributed by atoms with van der Waals surface area (Å²) in [5, 5.41) is 20.1. The lowest BCUT2D eigenvalue weighted by atomic mass is 10.1. The maximum Gasteiger partial charge on any atom is 0.469 e. The van der Waals surface area contributed by atoms with Crippen molar-refractivity contribution >= 4 is 37.3 Å². The van der Waals surface area contributed by atoms with Gasteiger partial charge in [0.05, 0.1) is 12.9 Å². The van der Waals surface area contributed by atoms with Crippen LogP contribution in [0.25, 0.3) is 11.2 Å². The fourth-order valence-corrected chi connectivity index (χ4v) is 2.74. The van der Waals surface area contributed by atoms with Crippen LogP contribution in [0.3, 0.4) is 0 Å². The van der Waals surface area contributed by atoms with E-state index in [1.54, 1.807) is 0 Å². The lowest BCUT2D eigenvalue weighted by Gasteiger charge is -2.16. The Labute approximate surface area is 145 Å². The van der Waals surface area contributed by atoms with Gasteiger partial charge in [-0.25, -0.2) is 9.55 Å². The van der Waals surface area contributed by atoms with Crippen molar-refractivity contribution in [2.75, 3.05) is 12.3 Å². The van der Waals surface area contributed by atoms with Gasteiger partial charge >= 0.3 is 7.82 Å². The number of aliphatic hydroxyl groups is 2. The van der Waals surface area contributed by atoms with E-state index in [2.05, 4.69) is 19.5 Å². The van der Waals surface area contributed by atoms with Crippen LogP contribution in [0.1, 0.15) is 6.23 Å². The number of aromatic nitrogens is 4. The number of rotatable bonds is 4. The lowest BCUT2D eigenvalue weighted by molar-refractivity contribution is -0.0503. The minimum absolute atomic E-state index is 0. The van der Waals surface area contributed by atoms with E-state index in [0.717, 1.165) is 0 Å². The third-order valence-electron chi connectivity index (χ3n) is 3.47. The predicted octanol–water partition coefficient (Wildman–Crippen LogP) is -2.15. The number of aromatic amines is 1. The van der Waals surface area contributed by atoms with Gasteiger partial charge in [0.15, 0.2) is 17.4 Å². The molecule has 140 valence electrons. The van der Waals surface area contributed by atoms with E-state index in [1.807, 2.05) is 0 Å². The number of halogens is 1. The van der Waals surface area contributed by atoms with Crippen molar-refractivity contribution in [3.8, 4) is 0 Å². The monoisotopic (exact) mass is 399 g/mol. The highest BCUT2D eigenvalue weighted by molar-refractivity contribution is 7.46. The van der Waals surface area contributed by atoms with Crippen molar-refractivity contribution in [3.63, 3.8) is 0 Å². The fourth-order valence-electron chi connectivity index (χ4n) is 2.40. The van der Waals surface area contributed by atoms with Gasteiger partial charge in [-0.15, -0.1) is 12.4 Å². The van der Waals surface area contributed by atoms with Crippen LogP contribution in [0.4, 0.5) is 5.95 Å². The molecule has 0 radical (unpaired) electrons. The van der Waals surface area contributed by atoms with E-state index in [0.29, 0.717) is 0 Å². The molecule has 0 bridgehead atoms. The summed E-state index contributed by atoms with van der Waals surface area (Å²) < 4.78 is 21.6. The Kier molecular flexibility index (Phi) is 5.51. The molecule has 0 spiro atoms. The molecule has 1 aliphatic rings. The van der Waals surface area contributed by atoms with Crippen molar-refractivity contribution in [2.45, 2.75) is 24.5 Å². The average molecular weight is 400 g/mol. The topological polar surface area (TPSA) is 206 Å². The molecule has 4 atom stereocenters. The normalized spacial score (nSPS) is 26.7. The standard InChI is InChI=1S/C10H14N5O8P.ClH/c11-10-13-7-4(8(18)14-10)12-2-15(7)9-6(17)5(16)3(23-9)1-22-24(19,20)21;/h2-3,5-6,9,16-17H,1H2,(H2,19,20,21)(H3,11,13,14,18);1H. The van der Waals surface area contributed by atoms with Gasteiger partial charge in [0.2, 0.25) is 5.95 Å². The van der Waals surface area contributed by atoms with E-state index < -0.39 is 44.5 Å². The Morgan fingerprint density at radius 1 is 1.40 bits per heavy atom. The van der Waals surface area contributed by atoms with Gasteiger partial charge in [0.1, 0.15) is 18.3 Å². The molecule has 25 heavy (non-hydrogen) atoms. The first-order chi connectivity index (χ1) is 11.2. The number of nitrogens with two attached hydrogens (primary N) is 1. The van der Waals surface area contributed by atoms with Crippen LogP contribution < -0.4 is 11.3 Å². The molecule has 2 aromatic rings. The first-order valence-corrected chi connectivity index (χ1v) is 8.14. The smallest absolute Gasteiger partial charge is 0.387 e. The number of aliphatic hydroxyl groups excluding tert-OH is 2. The second-order valence-corrected chi connectivity index (χ2v) is 6.35. The van der Waals surface area contributed by atoms with Crippen LogP contribution in [0, 0.1) is 0 Å². The van der Waals surface area contributed by atoms with Crippen LogP contribution in [0.2, 0.25) is 0 Å². The molecule has 0 aliphatic carbocycles. The maximum absolute atomic E-state index is 11.7. The number of nitrogens with zero attached hydrogens (tertiary/aromatic N) is 3. The zero-order valence-corrected chi connectivity index (χ0v) is 14.0. The van der Waals surface area contributed by atoms with E-state index >= 15 is 0 Å². The summed E-state index contributed by atoms with van der Waals surface area (Å²) in [4.78, 5) is 39.1. The molecule has 3 rings (SSSR count). The van der Waals surface area contributed by atoms with E-state index in [1.165, 1.54) is 10.9 Å². The van der Waals surface area contributed by atoms with Crippen molar-refractivity contribution in [1.29, 1.82) is 0 Å². The summed E-state index contributed by atoms with van der Waals surface area (Å²) in [5.41, 5.74) is 4.84. The summed E-state index contributed by atoms with van der Waals surface area (Å²) in [7, 11) is -4.76. The summed E-state index contributed by atoms with van der Waals surface area (Å²) in [6, 6.07) is 0. The third kappa shape index (κ3) is 3.83. The molecule has 13 nitrogen and oxygen atoms in total. The minimum atomic E-state index is -4.76. The zero-order chi connectivity index (χ0) is 17.6. The molecule has 1 fully saturated rings. The molecule has 2 aromatic heterocycles. The molecular formula is C10H15ClN5O8P. The van der Waals surface area contributed by atoms with Crippen molar-refractivity contribution in [1.82, 2.24) is 19.5 Å². The van der Waals surface area contributed by atoms with Crippen LogP contribution in [-0.2, 0) is 13.8 Å². The Hall–Kier alpha value is -1.57. The summed E-state index contributed by atoms with van der Waals surface area (Å²) in [6.45, 7) is -0.651. The van der Waals surface area contributed by atoms with Gasteiger partial charge in [0.25, 0.3) is 5.56 Å². The molecule has 4 unspecified atom stereocenters. The van der Waals surface area contributed by atoms with Crippen LogP contribution in [0.15, 0.2) is 11.1 Å². The van der Waals surface area contributed by atoms with Gasteiger partial charge in [0, 0.05) is 0 Å². The van der Waals surface area contributed by atoms with Crippen molar-refractivity contribution < 1.29 is 33.8 Å². The number of H-pyrrole nitrogens is 1. The first kappa shape index (κ1) is 19.8. The van der Waals surface area contributed by atoms with Crippen LogP contribution >= 0.6 is 20.2 Å². The Balaban J connectivity index is 0.00000225. The number of phosphoric acid groups is 1. The lowest BCUT2D eigenvalue weighted by Crippen LogP contribution is -2.33. The van der Waals surface area contributed by atoms with Gasteiger partial charge in [-0.3, -0.25) is 18.9 Å². The first-order valence-electron chi connectivity index (χ1n) is 6.61. The van der Waals surface area contributed by atoms with Gasteiger partial charge in [-0.1, -0.05) is 0 Å². The van der Waals surface area contributed by atoms with Gasteiger partial charge in [-0.05, 0) is 0 Å². The maximum atomic E-state index is 11.7. The molecule has 0 amide bonds. The summed E-state index contributed by atoms with van der Waals surface area (Å²) >= 11 is 0. The molecular weight excluding hydrogens is 385 g/mol. The third-order valence-corrected chi connectivity index (χ3v) is 3.95. The number of imidazole rings is 1. The highest BCUT2D eigenvalue weighted by Crippen LogP contribution is 2.38. The average Bonchev–Trinajstić information content (AvgIpc) is 3.00. The number of phosphoric ester groups is 1. The Bertz CT molecular complexity index is 867. The van der Waals surface area contributed by atoms with E-state index in [4.69, 9.17) is 20.3 Å².